The van der Waals surface area contributed by atoms with Gasteiger partial charge in [0.2, 0.25) is 0 Å². The predicted molar refractivity (Wildman–Crippen MR) is 93.5 cm³/mol. The standard InChI is InChI=1S/C21H20O2/c1-3-7-18(8-4-1)17-22-15-16-23-21-13-11-20(12-14-21)19-9-5-2-6-10-19/h1-14H,15-17H2. The third-order valence-electron chi connectivity index (χ3n) is 3.57. The lowest BCUT2D eigenvalue weighted by atomic mass is 10.1. The van der Waals surface area contributed by atoms with Crippen LogP contribution in [0.1, 0.15) is 5.56 Å². The molecule has 0 bridgehead atoms. The first kappa shape index (κ1) is 15.3. The Labute approximate surface area is 137 Å². The van der Waals surface area contributed by atoms with Gasteiger partial charge in [-0.15, -0.1) is 0 Å². The monoisotopic (exact) mass is 304 g/mol. The topological polar surface area (TPSA) is 18.5 Å². The second-order valence-electron chi connectivity index (χ2n) is 5.28. The van der Waals surface area contributed by atoms with Gasteiger partial charge < -0.3 is 9.47 Å². The van der Waals surface area contributed by atoms with Crippen molar-refractivity contribution in [2.45, 2.75) is 6.61 Å². The Morgan fingerprint density at radius 1 is 0.565 bits per heavy atom. The molecular formula is C21H20O2. The summed E-state index contributed by atoms with van der Waals surface area (Å²) in [4.78, 5) is 0. The van der Waals surface area contributed by atoms with Crippen LogP contribution < -0.4 is 4.74 Å². The Bertz CT molecular complexity index is 691. The zero-order valence-corrected chi connectivity index (χ0v) is 13.0. The molecule has 3 aromatic carbocycles. The molecule has 0 N–H and O–H groups in total. The molecule has 3 rings (SSSR count). The summed E-state index contributed by atoms with van der Waals surface area (Å²) in [6.07, 6.45) is 0. The zero-order chi connectivity index (χ0) is 15.7. The fourth-order valence-corrected chi connectivity index (χ4v) is 2.36. The first-order chi connectivity index (χ1) is 11.4. The van der Waals surface area contributed by atoms with Gasteiger partial charge in [0.25, 0.3) is 0 Å². The molecule has 0 aliphatic heterocycles. The van der Waals surface area contributed by atoms with Gasteiger partial charge in [-0.1, -0.05) is 72.8 Å². The highest BCUT2D eigenvalue weighted by Crippen LogP contribution is 2.21. The van der Waals surface area contributed by atoms with Gasteiger partial charge in [-0.3, -0.25) is 0 Å². The summed E-state index contributed by atoms with van der Waals surface area (Å²) >= 11 is 0. The smallest absolute Gasteiger partial charge is 0.119 e. The highest BCUT2D eigenvalue weighted by atomic mass is 16.5. The van der Waals surface area contributed by atoms with Crippen molar-refractivity contribution in [2.75, 3.05) is 13.2 Å². The minimum absolute atomic E-state index is 0.553. The van der Waals surface area contributed by atoms with E-state index in [1.54, 1.807) is 0 Å². The van der Waals surface area contributed by atoms with Crippen LogP contribution in [0.4, 0.5) is 0 Å². The lowest BCUT2D eigenvalue weighted by Gasteiger charge is -2.08. The maximum atomic E-state index is 5.71. The van der Waals surface area contributed by atoms with Crippen LogP contribution in [0.5, 0.6) is 5.75 Å². The molecule has 0 fully saturated rings. The summed E-state index contributed by atoms with van der Waals surface area (Å²) in [5.74, 6) is 0.869. The second-order valence-corrected chi connectivity index (χ2v) is 5.28. The summed E-state index contributed by atoms with van der Waals surface area (Å²) < 4.78 is 11.3. The van der Waals surface area contributed by atoms with Gasteiger partial charge in [-0.25, -0.2) is 0 Å². The van der Waals surface area contributed by atoms with Crippen molar-refractivity contribution in [3.8, 4) is 16.9 Å². The van der Waals surface area contributed by atoms with Gasteiger partial charge in [0.1, 0.15) is 12.4 Å². The van der Waals surface area contributed by atoms with E-state index in [2.05, 4.69) is 36.4 Å². The third-order valence-corrected chi connectivity index (χ3v) is 3.57. The Morgan fingerprint density at radius 2 is 1.17 bits per heavy atom. The molecule has 0 saturated carbocycles. The number of benzene rings is 3. The van der Waals surface area contributed by atoms with Crippen molar-refractivity contribution in [2.24, 2.45) is 0 Å². The molecule has 116 valence electrons. The lowest BCUT2D eigenvalue weighted by Crippen LogP contribution is -2.06. The number of ether oxygens (including phenoxy) is 2. The molecule has 0 unspecified atom stereocenters. The SMILES string of the molecule is c1ccc(COCCOc2ccc(-c3ccccc3)cc2)cc1. The molecule has 0 aliphatic carbocycles. The van der Waals surface area contributed by atoms with Crippen molar-refractivity contribution in [3.63, 3.8) is 0 Å². The average molecular weight is 304 g/mol. The Morgan fingerprint density at radius 3 is 1.87 bits per heavy atom. The molecule has 0 saturated heterocycles. The molecular weight excluding hydrogens is 284 g/mol. The van der Waals surface area contributed by atoms with Gasteiger partial charge in [0.05, 0.1) is 13.2 Å². The van der Waals surface area contributed by atoms with E-state index in [4.69, 9.17) is 9.47 Å². The van der Waals surface area contributed by atoms with Crippen LogP contribution in [0.25, 0.3) is 11.1 Å². The minimum Gasteiger partial charge on any atom is -0.491 e. The van der Waals surface area contributed by atoms with E-state index >= 15 is 0 Å². The van der Waals surface area contributed by atoms with Gasteiger partial charge in [-0.05, 0) is 28.8 Å². The van der Waals surface area contributed by atoms with Gasteiger partial charge in [-0.2, -0.15) is 0 Å². The molecule has 3 aromatic rings. The van der Waals surface area contributed by atoms with E-state index in [0.29, 0.717) is 19.8 Å². The summed E-state index contributed by atoms with van der Waals surface area (Å²) in [5, 5.41) is 0. The quantitative estimate of drug-likeness (QED) is 0.575. The molecule has 0 radical (unpaired) electrons. The number of rotatable bonds is 7. The Kier molecular flexibility index (Phi) is 5.43. The van der Waals surface area contributed by atoms with Crippen LogP contribution in [0.2, 0.25) is 0 Å². The van der Waals surface area contributed by atoms with Crippen molar-refractivity contribution in [1.82, 2.24) is 0 Å². The van der Waals surface area contributed by atoms with Crippen molar-refractivity contribution >= 4 is 0 Å². The van der Waals surface area contributed by atoms with Crippen LogP contribution >= 0.6 is 0 Å². The summed E-state index contributed by atoms with van der Waals surface area (Å²) in [6.45, 7) is 1.75. The van der Waals surface area contributed by atoms with E-state index in [9.17, 15) is 0 Å². The minimum atomic E-state index is 0.553. The second kappa shape index (κ2) is 8.16. The van der Waals surface area contributed by atoms with E-state index < -0.39 is 0 Å². The first-order valence-electron chi connectivity index (χ1n) is 7.82. The Hall–Kier alpha value is -2.58. The average Bonchev–Trinajstić information content (AvgIpc) is 2.64. The molecule has 2 nitrogen and oxygen atoms in total. The van der Waals surface area contributed by atoms with Crippen molar-refractivity contribution in [3.05, 3.63) is 90.5 Å². The van der Waals surface area contributed by atoms with E-state index in [1.165, 1.54) is 16.7 Å². The van der Waals surface area contributed by atoms with E-state index in [-0.39, 0.29) is 0 Å². The first-order valence-corrected chi connectivity index (χ1v) is 7.82. The van der Waals surface area contributed by atoms with Crippen LogP contribution in [0.3, 0.4) is 0 Å². The molecule has 0 spiro atoms. The van der Waals surface area contributed by atoms with Gasteiger partial charge in [0.15, 0.2) is 0 Å². The maximum Gasteiger partial charge on any atom is 0.119 e. The van der Waals surface area contributed by atoms with E-state index in [1.807, 2.05) is 48.5 Å². The largest absolute Gasteiger partial charge is 0.491 e. The molecule has 0 heterocycles. The molecule has 0 aromatic heterocycles. The zero-order valence-electron chi connectivity index (χ0n) is 13.0. The lowest BCUT2D eigenvalue weighted by molar-refractivity contribution is 0.0889. The molecule has 23 heavy (non-hydrogen) atoms. The Balaban J connectivity index is 1.42. The fourth-order valence-electron chi connectivity index (χ4n) is 2.36. The van der Waals surface area contributed by atoms with Crippen LogP contribution in [-0.4, -0.2) is 13.2 Å². The number of hydrogen-bond donors (Lipinski definition) is 0. The van der Waals surface area contributed by atoms with Crippen LogP contribution in [-0.2, 0) is 11.3 Å². The highest BCUT2D eigenvalue weighted by Gasteiger charge is 1.98. The third kappa shape index (κ3) is 4.70. The van der Waals surface area contributed by atoms with Gasteiger partial charge >= 0.3 is 0 Å². The van der Waals surface area contributed by atoms with Crippen molar-refractivity contribution < 1.29 is 9.47 Å². The van der Waals surface area contributed by atoms with Crippen molar-refractivity contribution in [1.29, 1.82) is 0 Å². The number of hydrogen-bond acceptors (Lipinski definition) is 2. The summed E-state index contributed by atoms with van der Waals surface area (Å²) in [5.41, 5.74) is 3.59. The predicted octanol–water partition coefficient (Wildman–Crippen LogP) is 4.95. The summed E-state index contributed by atoms with van der Waals surface area (Å²) in [6, 6.07) is 28.6. The molecule has 0 amide bonds. The molecule has 0 aliphatic rings. The van der Waals surface area contributed by atoms with Gasteiger partial charge in [0, 0.05) is 0 Å². The highest BCUT2D eigenvalue weighted by molar-refractivity contribution is 5.63. The molecule has 2 heteroatoms. The maximum absolute atomic E-state index is 5.71. The van der Waals surface area contributed by atoms with E-state index in [0.717, 1.165) is 5.75 Å². The summed E-state index contributed by atoms with van der Waals surface area (Å²) in [7, 11) is 0. The molecule has 0 atom stereocenters. The normalized spacial score (nSPS) is 10.4. The van der Waals surface area contributed by atoms with Crippen LogP contribution in [0.15, 0.2) is 84.9 Å². The fraction of sp³-hybridized carbons (Fsp3) is 0.143. The van der Waals surface area contributed by atoms with Crippen LogP contribution in [0, 0.1) is 0 Å².